The first-order valence-corrected chi connectivity index (χ1v) is 3.84. The number of amides is 1. The molecule has 1 aromatic heterocycles. The van der Waals surface area contributed by atoms with E-state index in [1.54, 1.807) is 30.5 Å². The molecule has 0 saturated carbocycles. The third kappa shape index (κ3) is 3.33. The van der Waals surface area contributed by atoms with Gasteiger partial charge in [0.25, 0.3) is 0 Å². The standard InChI is InChI=1S/C10H10N2O/c1-2-3-7-10(13)12-9-6-4-5-8-11-9/h2-8H,1H2,(H,11,12,13)/b7-3+. The normalized spacial score (nSPS) is 9.85. The third-order valence-corrected chi connectivity index (χ3v) is 1.30. The summed E-state index contributed by atoms with van der Waals surface area (Å²) in [6, 6.07) is 5.31. The van der Waals surface area contributed by atoms with Crippen molar-refractivity contribution in [3.8, 4) is 0 Å². The minimum absolute atomic E-state index is 0.210. The average Bonchev–Trinajstić information content (AvgIpc) is 2.16. The van der Waals surface area contributed by atoms with Gasteiger partial charge in [0, 0.05) is 12.3 Å². The van der Waals surface area contributed by atoms with E-state index in [0.29, 0.717) is 5.82 Å². The lowest BCUT2D eigenvalue weighted by molar-refractivity contribution is -0.111. The Hall–Kier alpha value is -1.90. The summed E-state index contributed by atoms with van der Waals surface area (Å²) in [5, 5.41) is 2.59. The van der Waals surface area contributed by atoms with Gasteiger partial charge in [-0.15, -0.1) is 0 Å². The van der Waals surface area contributed by atoms with Gasteiger partial charge in [-0.3, -0.25) is 4.79 Å². The molecule has 1 amide bonds. The summed E-state index contributed by atoms with van der Waals surface area (Å²) in [5.74, 6) is 0.333. The summed E-state index contributed by atoms with van der Waals surface area (Å²) in [6.07, 6.45) is 6.12. The van der Waals surface area contributed by atoms with Crippen molar-refractivity contribution >= 4 is 11.7 Å². The molecule has 0 fully saturated rings. The van der Waals surface area contributed by atoms with Gasteiger partial charge in [0.2, 0.25) is 5.91 Å². The Morgan fingerprint density at radius 1 is 1.54 bits per heavy atom. The van der Waals surface area contributed by atoms with E-state index in [4.69, 9.17) is 0 Å². The SMILES string of the molecule is C=C/C=C/C(=O)Nc1ccccn1. The Kier molecular flexibility index (Phi) is 3.45. The molecule has 0 unspecified atom stereocenters. The fourth-order valence-corrected chi connectivity index (χ4v) is 0.760. The summed E-state index contributed by atoms with van der Waals surface area (Å²) in [5.41, 5.74) is 0. The van der Waals surface area contributed by atoms with Crippen molar-refractivity contribution in [3.05, 3.63) is 49.2 Å². The second kappa shape index (κ2) is 4.87. The van der Waals surface area contributed by atoms with E-state index in [-0.39, 0.29) is 5.91 Å². The quantitative estimate of drug-likeness (QED) is 0.560. The van der Waals surface area contributed by atoms with Gasteiger partial charge < -0.3 is 5.32 Å². The van der Waals surface area contributed by atoms with E-state index in [0.717, 1.165) is 0 Å². The first kappa shape index (κ1) is 9.19. The Balaban J connectivity index is 2.55. The number of allylic oxidation sites excluding steroid dienone is 2. The fraction of sp³-hybridized carbons (Fsp3) is 0. The maximum absolute atomic E-state index is 11.1. The van der Waals surface area contributed by atoms with Crippen LogP contribution in [0.2, 0.25) is 0 Å². The van der Waals surface area contributed by atoms with Crippen LogP contribution in [0.15, 0.2) is 49.2 Å². The summed E-state index contributed by atoms with van der Waals surface area (Å²) >= 11 is 0. The molecule has 0 aliphatic rings. The van der Waals surface area contributed by atoms with Crippen LogP contribution in [0.1, 0.15) is 0 Å². The van der Waals surface area contributed by atoms with Crippen molar-refractivity contribution in [3.63, 3.8) is 0 Å². The van der Waals surface area contributed by atoms with Crippen LogP contribution in [0.4, 0.5) is 5.82 Å². The lowest BCUT2D eigenvalue weighted by Crippen LogP contribution is -2.08. The molecule has 0 bridgehead atoms. The largest absolute Gasteiger partial charge is 0.307 e. The van der Waals surface area contributed by atoms with Gasteiger partial charge in [-0.2, -0.15) is 0 Å². The zero-order valence-electron chi connectivity index (χ0n) is 7.10. The van der Waals surface area contributed by atoms with Crippen molar-refractivity contribution < 1.29 is 4.79 Å². The van der Waals surface area contributed by atoms with Crippen LogP contribution in [-0.4, -0.2) is 10.9 Å². The molecule has 0 saturated heterocycles. The third-order valence-electron chi connectivity index (χ3n) is 1.30. The number of anilines is 1. The average molecular weight is 174 g/mol. The maximum atomic E-state index is 11.1. The molecule has 0 aliphatic carbocycles. The smallest absolute Gasteiger partial charge is 0.249 e. The molecule has 1 aromatic rings. The highest BCUT2D eigenvalue weighted by atomic mass is 16.1. The van der Waals surface area contributed by atoms with E-state index < -0.39 is 0 Å². The molecular weight excluding hydrogens is 164 g/mol. The molecule has 1 heterocycles. The van der Waals surface area contributed by atoms with Crippen molar-refractivity contribution in [2.45, 2.75) is 0 Å². The molecule has 1 N–H and O–H groups in total. The summed E-state index contributed by atoms with van der Waals surface area (Å²) in [4.78, 5) is 15.0. The maximum Gasteiger partial charge on any atom is 0.249 e. The highest BCUT2D eigenvalue weighted by Gasteiger charge is 1.95. The molecular formula is C10H10N2O. The van der Waals surface area contributed by atoms with Crippen LogP contribution in [0.5, 0.6) is 0 Å². The molecule has 0 aromatic carbocycles. The molecule has 3 heteroatoms. The van der Waals surface area contributed by atoms with E-state index >= 15 is 0 Å². The van der Waals surface area contributed by atoms with Gasteiger partial charge in [-0.1, -0.05) is 24.8 Å². The molecule has 0 aliphatic heterocycles. The Morgan fingerprint density at radius 2 is 2.38 bits per heavy atom. The predicted molar refractivity (Wildman–Crippen MR) is 52.2 cm³/mol. The zero-order valence-corrected chi connectivity index (χ0v) is 7.10. The highest BCUT2D eigenvalue weighted by Crippen LogP contribution is 1.99. The number of nitrogens with one attached hydrogen (secondary N) is 1. The van der Waals surface area contributed by atoms with E-state index in [1.165, 1.54) is 12.2 Å². The van der Waals surface area contributed by atoms with Crippen LogP contribution in [0.25, 0.3) is 0 Å². The van der Waals surface area contributed by atoms with Gasteiger partial charge in [-0.25, -0.2) is 4.98 Å². The minimum atomic E-state index is -0.210. The Labute approximate surface area is 76.8 Å². The van der Waals surface area contributed by atoms with Crippen LogP contribution in [0.3, 0.4) is 0 Å². The Morgan fingerprint density at radius 3 is 3.00 bits per heavy atom. The molecule has 66 valence electrons. The number of aromatic nitrogens is 1. The first-order valence-electron chi connectivity index (χ1n) is 3.84. The number of hydrogen-bond acceptors (Lipinski definition) is 2. The number of carbonyl (C=O) groups excluding carboxylic acids is 1. The summed E-state index contributed by atoms with van der Waals surface area (Å²) in [7, 11) is 0. The molecule has 1 rings (SSSR count). The van der Waals surface area contributed by atoms with Gasteiger partial charge in [-0.05, 0) is 12.1 Å². The number of nitrogens with zero attached hydrogens (tertiary/aromatic N) is 1. The summed E-state index contributed by atoms with van der Waals surface area (Å²) in [6.45, 7) is 3.46. The zero-order chi connectivity index (χ0) is 9.52. The van der Waals surface area contributed by atoms with E-state index in [1.807, 2.05) is 0 Å². The van der Waals surface area contributed by atoms with Gasteiger partial charge >= 0.3 is 0 Å². The van der Waals surface area contributed by atoms with Crippen molar-refractivity contribution in [1.82, 2.24) is 4.98 Å². The lowest BCUT2D eigenvalue weighted by Gasteiger charge is -1.98. The molecule has 0 radical (unpaired) electrons. The van der Waals surface area contributed by atoms with Crippen LogP contribution < -0.4 is 5.32 Å². The van der Waals surface area contributed by atoms with Crippen LogP contribution in [0, 0.1) is 0 Å². The second-order valence-electron chi connectivity index (χ2n) is 2.30. The molecule has 0 spiro atoms. The minimum Gasteiger partial charge on any atom is -0.307 e. The molecule has 3 nitrogen and oxygen atoms in total. The molecule has 13 heavy (non-hydrogen) atoms. The first-order chi connectivity index (χ1) is 6.33. The lowest BCUT2D eigenvalue weighted by atomic mass is 10.4. The number of hydrogen-bond donors (Lipinski definition) is 1. The predicted octanol–water partition coefficient (Wildman–Crippen LogP) is 1.76. The fourth-order valence-electron chi connectivity index (χ4n) is 0.760. The van der Waals surface area contributed by atoms with Crippen LogP contribution >= 0.6 is 0 Å². The monoisotopic (exact) mass is 174 g/mol. The number of carbonyl (C=O) groups is 1. The number of rotatable bonds is 3. The van der Waals surface area contributed by atoms with Crippen molar-refractivity contribution in [1.29, 1.82) is 0 Å². The van der Waals surface area contributed by atoms with Crippen molar-refractivity contribution in [2.24, 2.45) is 0 Å². The topological polar surface area (TPSA) is 42.0 Å². The van der Waals surface area contributed by atoms with Gasteiger partial charge in [0.05, 0.1) is 0 Å². The highest BCUT2D eigenvalue weighted by molar-refractivity contribution is 5.98. The molecule has 0 atom stereocenters. The summed E-state index contributed by atoms with van der Waals surface area (Å²) < 4.78 is 0. The Bertz CT molecular complexity index is 317. The van der Waals surface area contributed by atoms with Crippen molar-refractivity contribution in [2.75, 3.05) is 5.32 Å². The van der Waals surface area contributed by atoms with Crippen LogP contribution in [-0.2, 0) is 4.79 Å². The van der Waals surface area contributed by atoms with Gasteiger partial charge in [0.1, 0.15) is 5.82 Å². The second-order valence-corrected chi connectivity index (χ2v) is 2.30. The van der Waals surface area contributed by atoms with E-state index in [2.05, 4.69) is 16.9 Å². The van der Waals surface area contributed by atoms with Gasteiger partial charge in [0.15, 0.2) is 0 Å². The number of pyridine rings is 1. The van der Waals surface area contributed by atoms with E-state index in [9.17, 15) is 4.79 Å².